The lowest BCUT2D eigenvalue weighted by molar-refractivity contribution is -0.0437. The first-order valence-electron chi connectivity index (χ1n) is 9.75. The molecule has 2 N–H and O–H groups in total. The number of likely N-dealkylation sites (tertiary alicyclic amines) is 1. The van der Waals surface area contributed by atoms with Crippen LogP contribution in [0.5, 0.6) is 5.75 Å². The van der Waals surface area contributed by atoms with Crippen LogP contribution in [0.3, 0.4) is 0 Å². The van der Waals surface area contributed by atoms with Gasteiger partial charge in [0.25, 0.3) is 17.4 Å². The number of fused-ring (bicyclic) bond motifs is 1. The van der Waals surface area contributed by atoms with Gasteiger partial charge in [0.05, 0.1) is 5.52 Å². The van der Waals surface area contributed by atoms with Gasteiger partial charge in [-0.05, 0) is 32.0 Å². The second kappa shape index (κ2) is 8.03. The van der Waals surface area contributed by atoms with E-state index in [2.05, 4.69) is 20.3 Å². The summed E-state index contributed by atoms with van der Waals surface area (Å²) in [5.74, 6) is -1.91. The molecule has 1 aliphatic rings. The molecule has 0 saturated carbocycles. The second-order valence-electron chi connectivity index (χ2n) is 7.48. The van der Waals surface area contributed by atoms with Crippen LogP contribution in [-0.2, 0) is 6.54 Å². The molecular weight excluding hydrogens is 408 g/mol. The van der Waals surface area contributed by atoms with Gasteiger partial charge in [0.2, 0.25) is 0 Å². The van der Waals surface area contributed by atoms with Gasteiger partial charge < -0.3 is 15.0 Å². The van der Waals surface area contributed by atoms with E-state index in [-0.39, 0.29) is 34.8 Å². The molecule has 1 aliphatic heterocycles. The smallest absolute Gasteiger partial charge is 0.269 e. The van der Waals surface area contributed by atoms with Gasteiger partial charge in [-0.15, -0.1) is 0 Å². The Hall–Kier alpha value is -3.40. The molecule has 3 aromatic rings. The number of nitrogens with one attached hydrogen (secondary N) is 2. The van der Waals surface area contributed by atoms with Crippen molar-refractivity contribution in [2.75, 3.05) is 13.6 Å². The third-order valence-electron chi connectivity index (χ3n) is 5.51. The summed E-state index contributed by atoms with van der Waals surface area (Å²) in [4.78, 5) is 35.6. The summed E-state index contributed by atoms with van der Waals surface area (Å²) < 4.78 is 34.8. The van der Waals surface area contributed by atoms with Crippen LogP contribution in [-0.4, -0.2) is 51.5 Å². The van der Waals surface area contributed by atoms with Gasteiger partial charge in [-0.3, -0.25) is 14.5 Å². The van der Waals surface area contributed by atoms with Crippen molar-refractivity contribution in [3.63, 3.8) is 0 Å². The number of carbonyl (C=O) groups is 1. The number of aryl methyl sites for hydroxylation is 1. The normalized spacial score (nSPS) is 18.6. The Balaban J connectivity index is 1.44. The van der Waals surface area contributed by atoms with Crippen molar-refractivity contribution >= 4 is 16.9 Å². The Morgan fingerprint density at radius 3 is 2.74 bits per heavy atom. The Morgan fingerprint density at radius 2 is 2.06 bits per heavy atom. The fourth-order valence-electron chi connectivity index (χ4n) is 3.52. The van der Waals surface area contributed by atoms with Crippen LogP contribution >= 0.6 is 0 Å². The zero-order chi connectivity index (χ0) is 22.3. The number of hydrogen-bond donors (Lipinski definition) is 2. The number of aromatic nitrogens is 3. The predicted octanol–water partition coefficient (Wildman–Crippen LogP) is 1.92. The summed E-state index contributed by atoms with van der Waals surface area (Å²) in [6, 6.07) is 5.97. The first-order valence-corrected chi connectivity index (χ1v) is 9.75. The molecule has 0 aliphatic carbocycles. The van der Waals surface area contributed by atoms with Crippen molar-refractivity contribution in [3.05, 3.63) is 63.3 Å². The monoisotopic (exact) mass is 429 g/mol. The molecule has 10 heteroatoms. The number of halogens is 2. The molecule has 1 saturated heterocycles. The molecule has 162 valence electrons. The summed E-state index contributed by atoms with van der Waals surface area (Å²) in [6.07, 6.45) is -0.310. The highest BCUT2D eigenvalue weighted by atomic mass is 19.1. The first-order chi connectivity index (χ1) is 14.8. The van der Waals surface area contributed by atoms with Crippen LogP contribution < -0.4 is 15.6 Å². The third kappa shape index (κ3) is 3.86. The molecular formula is C21H21F2N5O3. The minimum atomic E-state index is -0.862. The second-order valence-corrected chi connectivity index (χ2v) is 7.48. The molecule has 1 fully saturated rings. The highest BCUT2D eigenvalue weighted by molar-refractivity contribution is 5.92. The van der Waals surface area contributed by atoms with E-state index in [4.69, 9.17) is 4.74 Å². The van der Waals surface area contributed by atoms with E-state index >= 15 is 0 Å². The van der Waals surface area contributed by atoms with Crippen molar-refractivity contribution in [2.45, 2.75) is 32.5 Å². The molecule has 0 radical (unpaired) electrons. The number of aromatic amines is 1. The number of ether oxygens (including phenoxy) is 1. The summed E-state index contributed by atoms with van der Waals surface area (Å²) in [5.41, 5.74) is 0.707. The maximum absolute atomic E-state index is 14.9. The third-order valence-corrected chi connectivity index (χ3v) is 5.51. The van der Waals surface area contributed by atoms with E-state index in [1.165, 1.54) is 19.2 Å². The predicted molar refractivity (Wildman–Crippen MR) is 109 cm³/mol. The summed E-state index contributed by atoms with van der Waals surface area (Å²) in [6.45, 7) is 4.22. The number of hydrogen-bond acceptors (Lipinski definition) is 6. The lowest BCUT2D eigenvalue weighted by Crippen LogP contribution is -2.60. The number of rotatable bonds is 5. The molecule has 4 rings (SSSR count). The van der Waals surface area contributed by atoms with Crippen LogP contribution in [0.1, 0.15) is 28.7 Å². The first kappa shape index (κ1) is 20.9. The number of pyridine rings is 1. The summed E-state index contributed by atoms with van der Waals surface area (Å²) >= 11 is 0. The van der Waals surface area contributed by atoms with E-state index < -0.39 is 23.2 Å². The Bertz CT molecular complexity index is 1230. The molecule has 2 atom stereocenters. The standard InChI is InChI=1S/C21H21F2N5O3/c1-10-20(29)27-18-13(25-10)5-4-12(17(18)22)8-28-9-16(11(28)2)31-15-7-6-14(21(30)24-3)26-19(15)23/h4-7,11,16H,8-9H2,1-3H3,(H,24,30)(H,27,29). The van der Waals surface area contributed by atoms with E-state index in [9.17, 15) is 18.4 Å². The van der Waals surface area contributed by atoms with E-state index in [0.717, 1.165) is 0 Å². The number of H-pyrrole nitrogens is 1. The van der Waals surface area contributed by atoms with Crippen LogP contribution in [0.4, 0.5) is 8.78 Å². The van der Waals surface area contributed by atoms with Crippen LogP contribution in [0.25, 0.3) is 11.0 Å². The molecule has 8 nitrogen and oxygen atoms in total. The fourth-order valence-corrected chi connectivity index (χ4v) is 3.52. The van der Waals surface area contributed by atoms with Gasteiger partial charge in [-0.2, -0.15) is 4.39 Å². The van der Waals surface area contributed by atoms with Crippen LogP contribution in [0.15, 0.2) is 29.1 Å². The largest absolute Gasteiger partial charge is 0.483 e. The minimum absolute atomic E-state index is 0.0369. The number of nitrogens with zero attached hydrogens (tertiary/aromatic N) is 3. The Morgan fingerprint density at radius 1 is 1.29 bits per heavy atom. The van der Waals surface area contributed by atoms with Gasteiger partial charge in [0, 0.05) is 31.7 Å². The molecule has 1 aromatic carbocycles. The molecule has 2 unspecified atom stereocenters. The fraction of sp³-hybridized carbons (Fsp3) is 0.333. The average molecular weight is 429 g/mol. The van der Waals surface area contributed by atoms with Crippen LogP contribution in [0.2, 0.25) is 0 Å². The van der Waals surface area contributed by atoms with Crippen molar-refractivity contribution in [2.24, 2.45) is 0 Å². The number of carbonyl (C=O) groups excluding carboxylic acids is 1. The van der Waals surface area contributed by atoms with E-state index in [1.54, 1.807) is 19.1 Å². The molecule has 0 spiro atoms. The van der Waals surface area contributed by atoms with Gasteiger partial charge >= 0.3 is 0 Å². The minimum Gasteiger partial charge on any atom is -0.483 e. The zero-order valence-corrected chi connectivity index (χ0v) is 17.2. The maximum atomic E-state index is 14.9. The van der Waals surface area contributed by atoms with Gasteiger partial charge in [0.1, 0.15) is 23.0 Å². The van der Waals surface area contributed by atoms with Gasteiger partial charge in [0.15, 0.2) is 11.6 Å². The topological polar surface area (TPSA) is 100 Å². The molecule has 1 amide bonds. The molecule has 31 heavy (non-hydrogen) atoms. The van der Waals surface area contributed by atoms with Gasteiger partial charge in [-0.1, -0.05) is 6.07 Å². The van der Waals surface area contributed by atoms with Crippen molar-refractivity contribution in [1.82, 2.24) is 25.2 Å². The Labute approximate surface area is 176 Å². The average Bonchev–Trinajstić information content (AvgIpc) is 2.76. The Kier molecular flexibility index (Phi) is 5.40. The molecule has 0 bridgehead atoms. The van der Waals surface area contributed by atoms with Crippen LogP contribution in [0, 0.1) is 18.7 Å². The number of amides is 1. The number of benzene rings is 1. The summed E-state index contributed by atoms with van der Waals surface area (Å²) in [7, 11) is 1.44. The SMILES string of the molecule is CNC(=O)c1ccc(OC2CN(Cc3ccc4nc(C)c(=O)[nH]c4c3F)C2C)c(F)n1. The van der Waals surface area contributed by atoms with Gasteiger partial charge in [-0.25, -0.2) is 14.4 Å². The van der Waals surface area contributed by atoms with Crippen molar-refractivity contribution < 1.29 is 18.3 Å². The lowest BCUT2D eigenvalue weighted by Gasteiger charge is -2.45. The highest BCUT2D eigenvalue weighted by Gasteiger charge is 2.38. The lowest BCUT2D eigenvalue weighted by atomic mass is 9.99. The maximum Gasteiger partial charge on any atom is 0.269 e. The van der Waals surface area contributed by atoms with Crippen molar-refractivity contribution in [1.29, 1.82) is 0 Å². The highest BCUT2D eigenvalue weighted by Crippen LogP contribution is 2.28. The van der Waals surface area contributed by atoms with E-state index in [1.807, 2.05) is 11.8 Å². The molecule has 3 heterocycles. The zero-order valence-electron chi connectivity index (χ0n) is 17.2. The quantitative estimate of drug-likeness (QED) is 0.601. The molecule has 2 aromatic heterocycles. The summed E-state index contributed by atoms with van der Waals surface area (Å²) in [5, 5.41) is 2.38. The van der Waals surface area contributed by atoms with Crippen molar-refractivity contribution in [3.8, 4) is 5.75 Å². The van der Waals surface area contributed by atoms with E-state index in [0.29, 0.717) is 24.2 Å².